The zero-order valence-electron chi connectivity index (χ0n) is 18.3. The molecule has 1 amide bonds. The van der Waals surface area contributed by atoms with Crippen molar-refractivity contribution in [2.75, 3.05) is 0 Å². The molecule has 0 bridgehead atoms. The van der Waals surface area contributed by atoms with E-state index in [4.69, 9.17) is 0 Å². The van der Waals surface area contributed by atoms with E-state index in [1.54, 1.807) is 31.2 Å². The SMILES string of the molecule is CC[C@H](C)NC(=O)c1nn(-c2ccc(C)cc2)c(=O)n(Cc2cccc(C(F)(F)F)c2)c1=O. The lowest BCUT2D eigenvalue weighted by molar-refractivity contribution is -0.137. The van der Waals surface area contributed by atoms with Crippen molar-refractivity contribution >= 4 is 5.91 Å². The van der Waals surface area contributed by atoms with E-state index in [0.717, 1.165) is 22.4 Å². The van der Waals surface area contributed by atoms with E-state index in [1.807, 2.05) is 13.8 Å². The number of alkyl halides is 3. The molecule has 0 unspecified atom stereocenters. The monoisotopic (exact) mass is 460 g/mol. The van der Waals surface area contributed by atoms with Crippen LogP contribution in [0.5, 0.6) is 0 Å². The molecule has 3 rings (SSSR count). The molecule has 1 N–H and O–H groups in total. The van der Waals surface area contributed by atoms with Gasteiger partial charge >= 0.3 is 11.9 Å². The van der Waals surface area contributed by atoms with Crippen LogP contribution in [0.4, 0.5) is 13.2 Å². The molecule has 0 aliphatic rings. The van der Waals surface area contributed by atoms with Crippen LogP contribution in [0.2, 0.25) is 0 Å². The standard InChI is InChI=1S/C23H23F3N4O3/c1-4-15(3)27-20(31)19-21(32)29(13-16-6-5-7-17(12-16)23(24,25)26)22(33)30(28-19)18-10-8-14(2)9-11-18/h5-12,15H,4,13H2,1-3H3,(H,27,31)/t15-/m0/s1. The Bertz CT molecular complexity index is 1280. The molecule has 0 radical (unpaired) electrons. The Hall–Kier alpha value is -3.69. The number of nitrogens with one attached hydrogen (secondary N) is 1. The van der Waals surface area contributed by atoms with Gasteiger partial charge < -0.3 is 5.32 Å². The minimum Gasteiger partial charge on any atom is -0.348 e. The molecule has 0 fully saturated rings. The van der Waals surface area contributed by atoms with Crippen LogP contribution in [-0.4, -0.2) is 26.3 Å². The van der Waals surface area contributed by atoms with Gasteiger partial charge in [-0.1, -0.05) is 36.8 Å². The van der Waals surface area contributed by atoms with Gasteiger partial charge in [0.15, 0.2) is 0 Å². The van der Waals surface area contributed by atoms with Crippen molar-refractivity contribution in [1.82, 2.24) is 19.7 Å². The van der Waals surface area contributed by atoms with Crippen molar-refractivity contribution in [2.24, 2.45) is 0 Å². The summed E-state index contributed by atoms with van der Waals surface area (Å²) in [5.74, 6) is -0.770. The molecule has 0 aliphatic heterocycles. The molecule has 1 heterocycles. The fourth-order valence-corrected chi connectivity index (χ4v) is 3.07. The average Bonchev–Trinajstić information content (AvgIpc) is 2.77. The highest BCUT2D eigenvalue weighted by molar-refractivity contribution is 5.91. The Balaban J connectivity index is 2.18. The number of aromatic nitrogens is 3. The molecule has 7 nitrogen and oxygen atoms in total. The third-order valence-corrected chi connectivity index (χ3v) is 5.14. The van der Waals surface area contributed by atoms with Crippen LogP contribution in [0.3, 0.4) is 0 Å². The maximum Gasteiger partial charge on any atom is 0.416 e. The molecule has 3 aromatic rings. The van der Waals surface area contributed by atoms with Crippen LogP contribution in [0.15, 0.2) is 58.1 Å². The highest BCUT2D eigenvalue weighted by Gasteiger charge is 2.30. The topological polar surface area (TPSA) is 86.0 Å². The highest BCUT2D eigenvalue weighted by Crippen LogP contribution is 2.29. The Kier molecular flexibility index (Phi) is 6.85. The number of hydrogen-bond donors (Lipinski definition) is 1. The normalized spacial score (nSPS) is 12.4. The summed E-state index contributed by atoms with van der Waals surface area (Å²) in [6.07, 6.45) is -3.98. The van der Waals surface area contributed by atoms with Gasteiger partial charge in [0.25, 0.3) is 11.5 Å². The van der Waals surface area contributed by atoms with Crippen molar-refractivity contribution in [2.45, 2.75) is 46.0 Å². The van der Waals surface area contributed by atoms with E-state index in [0.29, 0.717) is 16.7 Å². The molecule has 0 aliphatic carbocycles. The Morgan fingerprint density at radius 3 is 2.39 bits per heavy atom. The zero-order chi connectivity index (χ0) is 24.3. The van der Waals surface area contributed by atoms with Gasteiger partial charge in [0.1, 0.15) is 0 Å². The van der Waals surface area contributed by atoms with Crippen LogP contribution in [0, 0.1) is 6.92 Å². The molecule has 174 valence electrons. The quantitative estimate of drug-likeness (QED) is 0.612. The van der Waals surface area contributed by atoms with Crippen molar-refractivity contribution in [3.8, 4) is 5.69 Å². The number of halogens is 3. The summed E-state index contributed by atoms with van der Waals surface area (Å²) in [6.45, 7) is 4.98. The van der Waals surface area contributed by atoms with Gasteiger partial charge in [-0.25, -0.2) is 4.79 Å². The third-order valence-electron chi connectivity index (χ3n) is 5.14. The van der Waals surface area contributed by atoms with Crippen LogP contribution < -0.4 is 16.6 Å². The number of rotatable bonds is 6. The predicted molar refractivity (Wildman–Crippen MR) is 117 cm³/mol. The molecule has 10 heteroatoms. The van der Waals surface area contributed by atoms with Gasteiger partial charge in [-0.2, -0.15) is 23.0 Å². The number of carbonyl (C=O) groups excluding carboxylic acids is 1. The zero-order valence-corrected chi connectivity index (χ0v) is 18.3. The van der Waals surface area contributed by atoms with Gasteiger partial charge in [0.2, 0.25) is 5.69 Å². The molecule has 33 heavy (non-hydrogen) atoms. The van der Waals surface area contributed by atoms with Crippen molar-refractivity contribution in [3.63, 3.8) is 0 Å². The highest BCUT2D eigenvalue weighted by atomic mass is 19.4. The lowest BCUT2D eigenvalue weighted by Crippen LogP contribution is -2.47. The number of hydrogen-bond acceptors (Lipinski definition) is 4. The van der Waals surface area contributed by atoms with Crippen LogP contribution in [-0.2, 0) is 12.7 Å². The first-order valence-electron chi connectivity index (χ1n) is 10.3. The van der Waals surface area contributed by atoms with Crippen LogP contribution in [0.1, 0.15) is 47.4 Å². The first-order valence-corrected chi connectivity index (χ1v) is 10.3. The minimum absolute atomic E-state index is 0.0824. The maximum absolute atomic E-state index is 13.1. The Morgan fingerprint density at radius 2 is 1.79 bits per heavy atom. The Labute approximate surface area is 187 Å². The second-order valence-corrected chi connectivity index (χ2v) is 7.75. The van der Waals surface area contributed by atoms with Crippen molar-refractivity contribution in [1.29, 1.82) is 0 Å². The fraction of sp³-hybridized carbons (Fsp3) is 0.304. The fourth-order valence-electron chi connectivity index (χ4n) is 3.07. The number of aryl methyl sites for hydroxylation is 1. The van der Waals surface area contributed by atoms with Gasteiger partial charge in [0.05, 0.1) is 17.8 Å². The number of carbonyl (C=O) groups is 1. The number of amides is 1. The van der Waals surface area contributed by atoms with Crippen molar-refractivity contribution < 1.29 is 18.0 Å². The van der Waals surface area contributed by atoms with Gasteiger partial charge in [-0.05, 0) is 50.1 Å². The van der Waals surface area contributed by atoms with Gasteiger partial charge in [-0.15, -0.1) is 0 Å². The first kappa shape index (κ1) is 24.0. The van der Waals surface area contributed by atoms with E-state index in [9.17, 15) is 27.6 Å². The predicted octanol–water partition coefficient (Wildman–Crippen LogP) is 3.30. The van der Waals surface area contributed by atoms with Crippen LogP contribution in [0.25, 0.3) is 5.69 Å². The molecule has 0 spiro atoms. The van der Waals surface area contributed by atoms with Crippen molar-refractivity contribution in [3.05, 3.63) is 91.8 Å². The molecule has 1 aromatic heterocycles. The summed E-state index contributed by atoms with van der Waals surface area (Å²) >= 11 is 0. The average molecular weight is 460 g/mol. The third kappa shape index (κ3) is 5.39. The van der Waals surface area contributed by atoms with E-state index >= 15 is 0 Å². The van der Waals surface area contributed by atoms with Gasteiger partial charge in [0, 0.05) is 6.04 Å². The Morgan fingerprint density at radius 1 is 1.12 bits per heavy atom. The summed E-state index contributed by atoms with van der Waals surface area (Å²) in [7, 11) is 0. The summed E-state index contributed by atoms with van der Waals surface area (Å²) in [6, 6.07) is 10.7. The summed E-state index contributed by atoms with van der Waals surface area (Å²) in [5, 5.41) is 6.63. The second kappa shape index (κ2) is 9.43. The number of nitrogens with zero attached hydrogens (tertiary/aromatic N) is 3. The summed E-state index contributed by atoms with van der Waals surface area (Å²) < 4.78 is 41.0. The molecule has 0 saturated heterocycles. The van der Waals surface area contributed by atoms with E-state index in [2.05, 4.69) is 10.4 Å². The molecule has 2 aromatic carbocycles. The second-order valence-electron chi connectivity index (χ2n) is 7.75. The number of benzene rings is 2. The molecular weight excluding hydrogens is 437 g/mol. The largest absolute Gasteiger partial charge is 0.416 e. The smallest absolute Gasteiger partial charge is 0.348 e. The molecule has 0 saturated carbocycles. The first-order chi connectivity index (χ1) is 15.5. The van der Waals surface area contributed by atoms with Crippen LogP contribution >= 0.6 is 0 Å². The summed E-state index contributed by atoms with van der Waals surface area (Å²) in [4.78, 5) is 38.9. The van der Waals surface area contributed by atoms with E-state index in [1.165, 1.54) is 12.1 Å². The van der Waals surface area contributed by atoms with Gasteiger partial charge in [-0.3, -0.25) is 14.2 Å². The van der Waals surface area contributed by atoms with E-state index < -0.39 is 41.1 Å². The minimum atomic E-state index is -4.58. The lowest BCUT2D eigenvalue weighted by atomic mass is 10.1. The summed E-state index contributed by atoms with van der Waals surface area (Å²) in [5.41, 5.74) is -1.99. The molecular formula is C23H23F3N4O3. The van der Waals surface area contributed by atoms with E-state index in [-0.39, 0.29) is 11.6 Å². The maximum atomic E-state index is 13.1. The lowest BCUT2D eigenvalue weighted by Gasteiger charge is -2.15. The molecule has 1 atom stereocenters.